The highest BCUT2D eigenvalue weighted by Crippen LogP contribution is 2.31. The van der Waals surface area contributed by atoms with Gasteiger partial charge in [0, 0.05) is 25.2 Å². The second-order valence-electron chi connectivity index (χ2n) is 7.65. The van der Waals surface area contributed by atoms with E-state index in [0.29, 0.717) is 17.7 Å². The molecular formula is C23H21F3N2O3. The van der Waals surface area contributed by atoms with E-state index in [1.807, 2.05) is 12.1 Å². The summed E-state index contributed by atoms with van der Waals surface area (Å²) in [5.74, 6) is -0.416. The number of hydrogen-bond donors (Lipinski definition) is 0. The highest BCUT2D eigenvalue weighted by molar-refractivity contribution is 5.98. The van der Waals surface area contributed by atoms with Gasteiger partial charge in [-0.1, -0.05) is 36.9 Å². The molecule has 0 aromatic heterocycles. The number of halogens is 3. The van der Waals surface area contributed by atoms with Gasteiger partial charge in [0.2, 0.25) is 5.91 Å². The van der Waals surface area contributed by atoms with Gasteiger partial charge in [-0.15, -0.1) is 0 Å². The fourth-order valence-corrected chi connectivity index (χ4v) is 4.11. The predicted octanol–water partition coefficient (Wildman–Crippen LogP) is 3.64. The van der Waals surface area contributed by atoms with E-state index >= 15 is 0 Å². The number of amides is 2. The first-order valence-electron chi connectivity index (χ1n) is 9.86. The van der Waals surface area contributed by atoms with E-state index in [1.165, 1.54) is 12.1 Å². The summed E-state index contributed by atoms with van der Waals surface area (Å²) in [6.45, 7) is 4.36. The van der Waals surface area contributed by atoms with E-state index < -0.39 is 23.9 Å². The van der Waals surface area contributed by atoms with Crippen LogP contribution in [-0.2, 0) is 28.9 Å². The van der Waals surface area contributed by atoms with Crippen LogP contribution in [0, 0.1) is 0 Å². The molecule has 31 heavy (non-hydrogen) atoms. The molecule has 0 radical (unpaired) electrons. The molecule has 5 nitrogen and oxygen atoms in total. The van der Waals surface area contributed by atoms with Crippen LogP contribution < -0.4 is 0 Å². The van der Waals surface area contributed by atoms with Crippen molar-refractivity contribution in [2.24, 2.45) is 0 Å². The van der Waals surface area contributed by atoms with Crippen molar-refractivity contribution < 1.29 is 27.5 Å². The van der Waals surface area contributed by atoms with Gasteiger partial charge in [-0.3, -0.25) is 9.59 Å². The van der Waals surface area contributed by atoms with E-state index in [-0.39, 0.29) is 31.5 Å². The quantitative estimate of drug-likeness (QED) is 0.681. The van der Waals surface area contributed by atoms with Gasteiger partial charge >= 0.3 is 6.18 Å². The fraction of sp³-hybridized carbons (Fsp3) is 0.304. The summed E-state index contributed by atoms with van der Waals surface area (Å²) in [6, 6.07) is 11.8. The number of ether oxygens (including phenoxy) is 1. The summed E-state index contributed by atoms with van der Waals surface area (Å²) < 4.78 is 44.9. The zero-order chi connectivity index (χ0) is 22.2. The Balaban J connectivity index is 1.53. The van der Waals surface area contributed by atoms with Crippen molar-refractivity contribution >= 4 is 11.8 Å². The zero-order valence-electron chi connectivity index (χ0n) is 16.6. The molecule has 0 bridgehead atoms. The Morgan fingerprint density at radius 3 is 2.65 bits per heavy atom. The monoisotopic (exact) mass is 430 g/mol. The summed E-state index contributed by atoms with van der Waals surface area (Å²) in [6.07, 6.45) is -3.77. The third kappa shape index (κ3) is 4.20. The highest BCUT2D eigenvalue weighted by Gasteiger charge is 2.43. The van der Waals surface area contributed by atoms with Crippen molar-refractivity contribution in [3.05, 3.63) is 83.4 Å². The molecule has 2 heterocycles. The Morgan fingerprint density at radius 2 is 1.94 bits per heavy atom. The molecule has 2 aliphatic heterocycles. The van der Waals surface area contributed by atoms with Crippen molar-refractivity contribution in [2.75, 3.05) is 13.1 Å². The van der Waals surface area contributed by atoms with E-state index in [4.69, 9.17) is 4.74 Å². The number of likely N-dealkylation sites (tertiary alicyclic amines) is 1. The van der Waals surface area contributed by atoms with Crippen LogP contribution in [0.3, 0.4) is 0 Å². The van der Waals surface area contributed by atoms with Crippen LogP contribution in [-0.4, -0.2) is 46.8 Å². The Morgan fingerprint density at radius 1 is 1.16 bits per heavy atom. The number of fused-ring (bicyclic) bond motifs is 1. The van der Waals surface area contributed by atoms with Gasteiger partial charge < -0.3 is 14.5 Å². The summed E-state index contributed by atoms with van der Waals surface area (Å²) in [4.78, 5) is 28.3. The van der Waals surface area contributed by atoms with Gasteiger partial charge in [-0.2, -0.15) is 13.2 Å². The Labute approximate surface area is 177 Å². The Bertz CT molecular complexity index is 1020. The standard InChI is InChI=1S/C23H21F3N2O3/c1-2-21(29)27-12-19(28-11-16-7-3-4-9-18(16)22(28)30)20(13-27)31-14-15-6-5-8-17(10-15)23(24,25)26/h2-10,19-20H,1,11-14H2/t19-,20-/m1/s1. The van der Waals surface area contributed by atoms with Crippen LogP contribution >= 0.6 is 0 Å². The lowest BCUT2D eigenvalue weighted by atomic mass is 10.1. The molecule has 162 valence electrons. The first kappa shape index (κ1) is 21.1. The number of carbonyl (C=O) groups is 2. The number of nitrogens with zero attached hydrogens (tertiary/aromatic N) is 2. The summed E-state index contributed by atoms with van der Waals surface area (Å²) >= 11 is 0. The van der Waals surface area contributed by atoms with Gasteiger partial charge in [0.05, 0.1) is 24.3 Å². The van der Waals surface area contributed by atoms with Crippen LogP contribution in [0.5, 0.6) is 0 Å². The second-order valence-corrected chi connectivity index (χ2v) is 7.65. The van der Waals surface area contributed by atoms with Crippen LogP contribution in [0.25, 0.3) is 0 Å². The minimum atomic E-state index is -4.44. The average Bonchev–Trinajstić information content (AvgIpc) is 3.32. The molecule has 0 unspecified atom stereocenters. The molecule has 2 atom stereocenters. The lowest BCUT2D eigenvalue weighted by Gasteiger charge is -2.28. The molecule has 0 aliphatic carbocycles. The summed E-state index contributed by atoms with van der Waals surface area (Å²) in [5.41, 5.74) is 1.15. The summed E-state index contributed by atoms with van der Waals surface area (Å²) in [5, 5.41) is 0. The fourth-order valence-electron chi connectivity index (χ4n) is 4.11. The zero-order valence-corrected chi connectivity index (χ0v) is 16.6. The van der Waals surface area contributed by atoms with Gasteiger partial charge in [-0.05, 0) is 35.4 Å². The number of rotatable bonds is 5. The molecule has 4 rings (SSSR count). The van der Waals surface area contributed by atoms with Gasteiger partial charge in [0.25, 0.3) is 5.91 Å². The van der Waals surface area contributed by atoms with Gasteiger partial charge in [-0.25, -0.2) is 0 Å². The summed E-state index contributed by atoms with van der Waals surface area (Å²) in [7, 11) is 0. The minimum Gasteiger partial charge on any atom is -0.369 e. The van der Waals surface area contributed by atoms with Crippen molar-refractivity contribution in [1.82, 2.24) is 9.80 Å². The predicted molar refractivity (Wildman–Crippen MR) is 107 cm³/mol. The smallest absolute Gasteiger partial charge is 0.369 e. The molecule has 2 aliphatic rings. The first-order valence-corrected chi connectivity index (χ1v) is 9.86. The molecule has 1 fully saturated rings. The van der Waals surface area contributed by atoms with Gasteiger partial charge in [0.1, 0.15) is 0 Å². The third-order valence-corrected chi connectivity index (χ3v) is 5.69. The second kappa shape index (κ2) is 8.19. The number of alkyl halides is 3. The first-order chi connectivity index (χ1) is 14.8. The largest absolute Gasteiger partial charge is 0.416 e. The molecule has 1 saturated heterocycles. The van der Waals surface area contributed by atoms with Crippen molar-refractivity contribution in [3.8, 4) is 0 Å². The molecule has 0 saturated carbocycles. The van der Waals surface area contributed by atoms with Crippen LogP contribution in [0.1, 0.15) is 27.0 Å². The van der Waals surface area contributed by atoms with E-state index in [1.54, 1.807) is 28.0 Å². The molecule has 2 amide bonds. The molecule has 2 aromatic carbocycles. The van der Waals surface area contributed by atoms with Crippen molar-refractivity contribution in [2.45, 2.75) is 31.5 Å². The molecular weight excluding hydrogens is 409 g/mol. The SMILES string of the molecule is C=CC(=O)N1C[C@@H](N2Cc3ccccc3C2=O)[C@H](OCc2cccc(C(F)(F)F)c2)C1. The van der Waals surface area contributed by atoms with E-state index in [9.17, 15) is 22.8 Å². The number of benzene rings is 2. The maximum absolute atomic E-state index is 13.0. The lowest BCUT2D eigenvalue weighted by molar-refractivity contribution is -0.137. The molecule has 0 spiro atoms. The maximum Gasteiger partial charge on any atom is 0.416 e. The van der Waals surface area contributed by atoms with E-state index in [2.05, 4.69) is 6.58 Å². The van der Waals surface area contributed by atoms with Crippen LogP contribution in [0.2, 0.25) is 0 Å². The average molecular weight is 430 g/mol. The number of carbonyl (C=O) groups excluding carboxylic acids is 2. The van der Waals surface area contributed by atoms with Crippen LogP contribution in [0.15, 0.2) is 61.2 Å². The van der Waals surface area contributed by atoms with Crippen molar-refractivity contribution in [1.29, 1.82) is 0 Å². The molecule has 2 aromatic rings. The van der Waals surface area contributed by atoms with Gasteiger partial charge in [0.15, 0.2) is 0 Å². The number of hydrogen-bond acceptors (Lipinski definition) is 3. The topological polar surface area (TPSA) is 49.9 Å². The Kier molecular flexibility index (Phi) is 5.58. The van der Waals surface area contributed by atoms with E-state index in [0.717, 1.165) is 17.7 Å². The molecule has 8 heteroatoms. The normalized spacial score (nSPS) is 20.8. The minimum absolute atomic E-state index is 0.0593. The Hall–Kier alpha value is -3.13. The lowest BCUT2D eigenvalue weighted by Crippen LogP contribution is -2.44. The molecule has 0 N–H and O–H groups in total. The maximum atomic E-state index is 13.0. The highest BCUT2D eigenvalue weighted by atomic mass is 19.4. The van der Waals surface area contributed by atoms with Crippen LogP contribution in [0.4, 0.5) is 13.2 Å². The van der Waals surface area contributed by atoms with Crippen molar-refractivity contribution in [3.63, 3.8) is 0 Å². The third-order valence-electron chi connectivity index (χ3n) is 5.69.